The molecule has 0 unspecified atom stereocenters. The number of aromatic nitrogens is 1. The van der Waals surface area contributed by atoms with Gasteiger partial charge in [0, 0.05) is 12.6 Å². The molecule has 0 amide bonds. The average molecular weight is 283 g/mol. The van der Waals surface area contributed by atoms with Crippen molar-refractivity contribution in [3.63, 3.8) is 0 Å². The van der Waals surface area contributed by atoms with Gasteiger partial charge in [0.1, 0.15) is 12.0 Å². The second kappa shape index (κ2) is 8.74. The maximum absolute atomic E-state index is 10.6. The topological polar surface area (TPSA) is 68.1 Å². The number of nitrogens with zero attached hydrogens (tertiary/aromatic N) is 2. The van der Waals surface area contributed by atoms with E-state index in [-0.39, 0.29) is 5.69 Å². The minimum Gasteiger partial charge on any atom is -0.370 e. The lowest BCUT2D eigenvalue weighted by Crippen LogP contribution is -2.05. The van der Waals surface area contributed by atoms with Crippen molar-refractivity contribution >= 4 is 23.3 Å². The quantitative estimate of drug-likeness (QED) is 0.426. The number of nitro groups is 1. The molecule has 0 atom stereocenters. The van der Waals surface area contributed by atoms with E-state index in [1.54, 1.807) is 6.07 Å². The van der Waals surface area contributed by atoms with Gasteiger partial charge in [0.15, 0.2) is 0 Å². The lowest BCUT2D eigenvalue weighted by Gasteiger charge is -2.07. The van der Waals surface area contributed by atoms with Crippen LogP contribution >= 0.6 is 11.8 Å². The van der Waals surface area contributed by atoms with Crippen LogP contribution in [0.5, 0.6) is 0 Å². The molecule has 0 aliphatic heterocycles. The number of anilines is 1. The molecule has 19 heavy (non-hydrogen) atoms. The first-order valence-corrected chi connectivity index (χ1v) is 7.88. The highest BCUT2D eigenvalue weighted by Crippen LogP contribution is 2.17. The molecule has 0 radical (unpaired) electrons. The lowest BCUT2D eigenvalue weighted by molar-refractivity contribution is -0.385. The van der Waals surface area contributed by atoms with Crippen molar-refractivity contribution in [1.82, 2.24) is 4.98 Å². The Bertz CT molecular complexity index is 413. The largest absolute Gasteiger partial charge is 0.370 e. The maximum atomic E-state index is 10.6. The number of unbranched alkanes of at least 4 members (excludes halogenated alkanes) is 3. The molecule has 0 aliphatic rings. The van der Waals surface area contributed by atoms with Gasteiger partial charge < -0.3 is 5.32 Å². The summed E-state index contributed by atoms with van der Waals surface area (Å²) in [6, 6.07) is 1.55. The molecule has 0 spiro atoms. The summed E-state index contributed by atoms with van der Waals surface area (Å²) in [5.41, 5.74) is 0.858. The van der Waals surface area contributed by atoms with E-state index in [9.17, 15) is 10.1 Å². The summed E-state index contributed by atoms with van der Waals surface area (Å²) in [7, 11) is 0. The average Bonchev–Trinajstić information content (AvgIpc) is 2.39. The van der Waals surface area contributed by atoms with Gasteiger partial charge in [0.05, 0.1) is 4.92 Å². The highest BCUT2D eigenvalue weighted by molar-refractivity contribution is 7.98. The van der Waals surface area contributed by atoms with E-state index in [0.717, 1.165) is 24.3 Å². The van der Waals surface area contributed by atoms with Crippen LogP contribution in [0, 0.1) is 17.0 Å². The van der Waals surface area contributed by atoms with Crippen molar-refractivity contribution in [2.24, 2.45) is 0 Å². The Morgan fingerprint density at radius 1 is 1.37 bits per heavy atom. The maximum Gasteiger partial charge on any atom is 0.287 e. The molecule has 5 nitrogen and oxygen atoms in total. The number of rotatable bonds is 9. The van der Waals surface area contributed by atoms with E-state index in [1.165, 1.54) is 31.2 Å². The Kier molecular flexibility index (Phi) is 7.25. The molecular formula is C13H21N3O2S. The van der Waals surface area contributed by atoms with Crippen LogP contribution in [0.3, 0.4) is 0 Å². The molecule has 0 saturated heterocycles. The number of hydrogen-bond acceptors (Lipinski definition) is 5. The minimum atomic E-state index is -0.421. The zero-order chi connectivity index (χ0) is 14.1. The van der Waals surface area contributed by atoms with Crippen molar-refractivity contribution in [2.75, 3.05) is 23.9 Å². The Morgan fingerprint density at radius 2 is 2.11 bits per heavy atom. The van der Waals surface area contributed by atoms with Gasteiger partial charge in [0.2, 0.25) is 0 Å². The fourth-order valence-corrected chi connectivity index (χ4v) is 2.27. The summed E-state index contributed by atoms with van der Waals surface area (Å²) in [6.07, 6.45) is 8.27. The fraction of sp³-hybridized carbons (Fsp3) is 0.615. The van der Waals surface area contributed by atoms with Gasteiger partial charge in [0.25, 0.3) is 5.69 Å². The summed E-state index contributed by atoms with van der Waals surface area (Å²) >= 11 is 1.89. The van der Waals surface area contributed by atoms with Crippen LogP contribution in [0.2, 0.25) is 0 Å². The van der Waals surface area contributed by atoms with Gasteiger partial charge in [-0.05, 0) is 37.3 Å². The van der Waals surface area contributed by atoms with Gasteiger partial charge in [-0.15, -0.1) is 0 Å². The smallest absolute Gasteiger partial charge is 0.287 e. The highest BCUT2D eigenvalue weighted by Gasteiger charge is 2.08. The van der Waals surface area contributed by atoms with E-state index < -0.39 is 4.92 Å². The van der Waals surface area contributed by atoms with E-state index in [4.69, 9.17) is 0 Å². The van der Waals surface area contributed by atoms with E-state index >= 15 is 0 Å². The second-order valence-electron chi connectivity index (χ2n) is 4.45. The normalized spacial score (nSPS) is 10.4. The SMILES string of the molecule is CSCCCCCCNc1ncc([N+](=O)[O-])cc1C. The van der Waals surface area contributed by atoms with Crippen LogP contribution in [-0.2, 0) is 0 Å². The number of pyridine rings is 1. The Hall–Kier alpha value is -1.30. The number of hydrogen-bond donors (Lipinski definition) is 1. The highest BCUT2D eigenvalue weighted by atomic mass is 32.2. The van der Waals surface area contributed by atoms with Gasteiger partial charge in [-0.25, -0.2) is 4.98 Å². The first kappa shape index (κ1) is 15.8. The monoisotopic (exact) mass is 283 g/mol. The summed E-state index contributed by atoms with van der Waals surface area (Å²) in [4.78, 5) is 14.3. The zero-order valence-electron chi connectivity index (χ0n) is 11.5. The van der Waals surface area contributed by atoms with Gasteiger partial charge in [-0.1, -0.05) is 12.8 Å². The van der Waals surface area contributed by atoms with Crippen LogP contribution < -0.4 is 5.32 Å². The number of nitrogens with one attached hydrogen (secondary N) is 1. The molecule has 0 aromatic carbocycles. The number of thioether (sulfide) groups is 1. The van der Waals surface area contributed by atoms with Crippen molar-refractivity contribution in [1.29, 1.82) is 0 Å². The van der Waals surface area contributed by atoms with Crippen LogP contribution in [-0.4, -0.2) is 28.5 Å². The molecular weight excluding hydrogens is 262 g/mol. The van der Waals surface area contributed by atoms with Crippen molar-refractivity contribution in [2.45, 2.75) is 32.6 Å². The van der Waals surface area contributed by atoms with Gasteiger partial charge >= 0.3 is 0 Å². The molecule has 6 heteroatoms. The van der Waals surface area contributed by atoms with Crippen molar-refractivity contribution in [3.8, 4) is 0 Å². The zero-order valence-corrected chi connectivity index (χ0v) is 12.3. The first-order chi connectivity index (χ1) is 9.15. The van der Waals surface area contributed by atoms with E-state index in [2.05, 4.69) is 16.6 Å². The molecule has 1 N–H and O–H groups in total. The number of aryl methyl sites for hydroxylation is 1. The molecule has 1 aromatic heterocycles. The third kappa shape index (κ3) is 5.92. The first-order valence-electron chi connectivity index (χ1n) is 6.49. The molecule has 1 aromatic rings. The van der Waals surface area contributed by atoms with Crippen LogP contribution in [0.15, 0.2) is 12.3 Å². The van der Waals surface area contributed by atoms with Gasteiger partial charge in [-0.2, -0.15) is 11.8 Å². The molecule has 0 bridgehead atoms. The van der Waals surface area contributed by atoms with E-state index in [1.807, 2.05) is 18.7 Å². The second-order valence-corrected chi connectivity index (χ2v) is 5.44. The summed E-state index contributed by atoms with van der Waals surface area (Å²) < 4.78 is 0. The molecule has 0 saturated carbocycles. The molecule has 106 valence electrons. The molecule has 1 rings (SSSR count). The van der Waals surface area contributed by atoms with Crippen LogP contribution in [0.4, 0.5) is 11.5 Å². The summed E-state index contributed by atoms with van der Waals surface area (Å²) in [5, 5.41) is 13.8. The third-order valence-electron chi connectivity index (χ3n) is 2.84. The summed E-state index contributed by atoms with van der Waals surface area (Å²) in [5.74, 6) is 1.98. The predicted octanol–water partition coefficient (Wildman–Crippen LogP) is 3.63. The minimum absolute atomic E-state index is 0.0418. The lowest BCUT2D eigenvalue weighted by atomic mass is 10.2. The molecule has 0 aliphatic carbocycles. The van der Waals surface area contributed by atoms with Gasteiger partial charge in [-0.3, -0.25) is 10.1 Å². The van der Waals surface area contributed by atoms with Crippen LogP contribution in [0.1, 0.15) is 31.2 Å². The standard InChI is InChI=1S/C13H21N3O2S/c1-11-9-12(16(17)18)10-15-13(11)14-7-5-3-4-6-8-19-2/h9-10H,3-8H2,1-2H3,(H,14,15). The summed E-state index contributed by atoms with van der Waals surface area (Å²) in [6.45, 7) is 2.70. The Balaban J connectivity index is 2.28. The fourth-order valence-electron chi connectivity index (χ4n) is 1.78. The predicted molar refractivity (Wildman–Crippen MR) is 81.0 cm³/mol. The Morgan fingerprint density at radius 3 is 2.74 bits per heavy atom. The van der Waals surface area contributed by atoms with Crippen molar-refractivity contribution in [3.05, 3.63) is 27.9 Å². The van der Waals surface area contributed by atoms with Crippen molar-refractivity contribution < 1.29 is 4.92 Å². The third-order valence-corrected chi connectivity index (χ3v) is 3.54. The van der Waals surface area contributed by atoms with E-state index in [0.29, 0.717) is 0 Å². The molecule has 0 fully saturated rings. The molecule has 1 heterocycles. The van der Waals surface area contributed by atoms with Crippen LogP contribution in [0.25, 0.3) is 0 Å². The Labute approximate surface area is 118 Å².